The number of piperidine rings is 1. The Morgan fingerprint density at radius 3 is 2.79 bits per heavy atom. The number of anilines is 1. The van der Waals surface area contributed by atoms with Crippen molar-refractivity contribution in [2.24, 2.45) is 0 Å². The van der Waals surface area contributed by atoms with Gasteiger partial charge in [-0.15, -0.1) is 0 Å². The van der Waals surface area contributed by atoms with Crippen LogP contribution < -0.4 is 9.64 Å². The van der Waals surface area contributed by atoms with Crippen LogP contribution in [-0.4, -0.2) is 52.1 Å². The third-order valence-corrected chi connectivity index (χ3v) is 5.65. The van der Waals surface area contributed by atoms with Gasteiger partial charge in [-0.05, 0) is 24.3 Å². The van der Waals surface area contributed by atoms with Crippen molar-refractivity contribution in [3.05, 3.63) is 55.1 Å². The lowest BCUT2D eigenvalue weighted by Gasteiger charge is -2.33. The van der Waals surface area contributed by atoms with Gasteiger partial charge in [0.1, 0.15) is 17.4 Å². The highest BCUT2D eigenvalue weighted by atomic mass is 16.5. The predicted molar refractivity (Wildman–Crippen MR) is 113 cm³/mol. The highest BCUT2D eigenvalue weighted by Crippen LogP contribution is 2.30. The van der Waals surface area contributed by atoms with Crippen LogP contribution in [0.5, 0.6) is 5.75 Å². The van der Waals surface area contributed by atoms with Gasteiger partial charge in [-0.25, -0.2) is 9.50 Å². The summed E-state index contributed by atoms with van der Waals surface area (Å²) in [6, 6.07) is 10.4. The zero-order valence-corrected chi connectivity index (χ0v) is 16.6. The van der Waals surface area contributed by atoms with Crippen molar-refractivity contribution in [2.75, 3.05) is 31.7 Å². The smallest absolute Gasteiger partial charge is 0.154 e. The van der Waals surface area contributed by atoms with E-state index in [4.69, 9.17) is 9.47 Å². The van der Waals surface area contributed by atoms with E-state index >= 15 is 0 Å². The molecule has 29 heavy (non-hydrogen) atoms. The second-order valence-corrected chi connectivity index (χ2v) is 7.41. The molecule has 7 nitrogen and oxygen atoms in total. The molecule has 0 N–H and O–H groups in total. The molecule has 4 heterocycles. The van der Waals surface area contributed by atoms with Gasteiger partial charge in [-0.3, -0.25) is 0 Å². The van der Waals surface area contributed by atoms with Gasteiger partial charge in [0.15, 0.2) is 5.82 Å². The van der Waals surface area contributed by atoms with E-state index in [1.54, 1.807) is 7.11 Å². The van der Waals surface area contributed by atoms with Crippen molar-refractivity contribution in [1.82, 2.24) is 19.2 Å². The molecule has 0 aliphatic carbocycles. The van der Waals surface area contributed by atoms with Crippen molar-refractivity contribution in [2.45, 2.75) is 25.5 Å². The molecule has 0 atom stereocenters. The van der Waals surface area contributed by atoms with E-state index in [-0.39, 0.29) is 6.10 Å². The fourth-order valence-corrected chi connectivity index (χ4v) is 4.13. The molecular weight excluding hydrogens is 366 g/mol. The number of rotatable bonds is 6. The van der Waals surface area contributed by atoms with Crippen LogP contribution in [0, 0.1) is 0 Å². The first-order chi connectivity index (χ1) is 14.3. The molecular formula is C22H25N5O2. The summed E-state index contributed by atoms with van der Waals surface area (Å²) in [5.41, 5.74) is 2.24. The summed E-state index contributed by atoms with van der Waals surface area (Å²) in [6.07, 6.45) is 9.77. The molecule has 1 aliphatic rings. The van der Waals surface area contributed by atoms with E-state index in [1.165, 1.54) is 5.52 Å². The summed E-state index contributed by atoms with van der Waals surface area (Å²) < 4.78 is 15.7. The maximum atomic E-state index is 6.43. The first kappa shape index (κ1) is 18.0. The molecule has 1 saturated heterocycles. The van der Waals surface area contributed by atoms with Crippen molar-refractivity contribution in [1.29, 1.82) is 0 Å². The van der Waals surface area contributed by atoms with E-state index in [2.05, 4.69) is 50.0 Å². The fourth-order valence-electron chi connectivity index (χ4n) is 4.13. The Balaban J connectivity index is 1.28. The summed E-state index contributed by atoms with van der Waals surface area (Å²) in [5, 5.41) is 5.47. The van der Waals surface area contributed by atoms with Gasteiger partial charge in [0.25, 0.3) is 0 Å². The largest absolute Gasteiger partial charge is 0.490 e. The Morgan fingerprint density at radius 2 is 1.93 bits per heavy atom. The second kappa shape index (κ2) is 7.75. The average molecular weight is 391 g/mol. The number of ether oxygens (including phenoxy) is 2. The minimum absolute atomic E-state index is 0.212. The van der Waals surface area contributed by atoms with Gasteiger partial charge in [0.2, 0.25) is 0 Å². The Morgan fingerprint density at radius 1 is 1.03 bits per heavy atom. The molecule has 0 spiro atoms. The lowest BCUT2D eigenvalue weighted by atomic mass is 10.1. The minimum atomic E-state index is 0.212. The zero-order valence-electron chi connectivity index (χ0n) is 16.6. The van der Waals surface area contributed by atoms with Crippen LogP contribution in [-0.2, 0) is 11.3 Å². The van der Waals surface area contributed by atoms with Crippen LogP contribution in [0.1, 0.15) is 12.8 Å². The van der Waals surface area contributed by atoms with Crippen LogP contribution in [0.15, 0.2) is 55.1 Å². The van der Waals surface area contributed by atoms with E-state index in [0.29, 0.717) is 6.61 Å². The molecule has 1 fully saturated rings. The van der Waals surface area contributed by atoms with Gasteiger partial charge in [0, 0.05) is 63.6 Å². The van der Waals surface area contributed by atoms with Gasteiger partial charge in [-0.2, -0.15) is 5.10 Å². The van der Waals surface area contributed by atoms with Crippen LogP contribution in [0.2, 0.25) is 0 Å². The first-order valence-corrected chi connectivity index (χ1v) is 10.1. The number of methoxy groups -OCH3 is 1. The number of hydrogen-bond donors (Lipinski definition) is 0. The van der Waals surface area contributed by atoms with E-state index in [9.17, 15) is 0 Å². The lowest BCUT2D eigenvalue weighted by Crippen LogP contribution is -2.38. The molecule has 1 aliphatic heterocycles. The summed E-state index contributed by atoms with van der Waals surface area (Å²) in [6.45, 7) is 3.39. The van der Waals surface area contributed by atoms with Crippen molar-refractivity contribution < 1.29 is 9.47 Å². The van der Waals surface area contributed by atoms with Crippen molar-refractivity contribution in [3.8, 4) is 5.75 Å². The third-order valence-electron chi connectivity index (χ3n) is 5.65. The average Bonchev–Trinajstić information content (AvgIpc) is 3.40. The maximum absolute atomic E-state index is 6.43. The molecule has 0 amide bonds. The molecule has 150 valence electrons. The molecule has 3 aromatic heterocycles. The molecule has 0 unspecified atom stereocenters. The number of fused-ring (bicyclic) bond motifs is 2. The highest BCUT2D eigenvalue weighted by molar-refractivity contribution is 5.86. The summed E-state index contributed by atoms with van der Waals surface area (Å²) >= 11 is 0. The highest BCUT2D eigenvalue weighted by Gasteiger charge is 2.23. The monoisotopic (exact) mass is 391 g/mol. The van der Waals surface area contributed by atoms with Crippen LogP contribution in [0.3, 0.4) is 0 Å². The van der Waals surface area contributed by atoms with Gasteiger partial charge >= 0.3 is 0 Å². The van der Waals surface area contributed by atoms with E-state index in [1.807, 2.05) is 29.2 Å². The van der Waals surface area contributed by atoms with Crippen LogP contribution in [0.25, 0.3) is 16.4 Å². The number of benzene rings is 1. The summed E-state index contributed by atoms with van der Waals surface area (Å²) in [7, 11) is 1.73. The normalized spacial score (nSPS) is 15.4. The first-order valence-electron chi connectivity index (χ1n) is 10.1. The number of aromatic nitrogens is 4. The number of hydrogen-bond acceptors (Lipinski definition) is 5. The fraction of sp³-hybridized carbons (Fsp3) is 0.364. The van der Waals surface area contributed by atoms with Crippen LogP contribution in [0.4, 0.5) is 5.82 Å². The van der Waals surface area contributed by atoms with Gasteiger partial charge < -0.3 is 18.9 Å². The van der Waals surface area contributed by atoms with Gasteiger partial charge in [0.05, 0.1) is 18.3 Å². The number of nitrogens with zero attached hydrogens (tertiary/aromatic N) is 5. The second-order valence-electron chi connectivity index (χ2n) is 7.41. The Labute approximate surface area is 169 Å². The SMILES string of the molecule is COCCn1ccc2c(OC3CCN(c4nccn5nccc45)CC3)cccc21. The topological polar surface area (TPSA) is 56.8 Å². The third kappa shape index (κ3) is 3.42. The quantitative estimate of drug-likeness (QED) is 0.504. The minimum Gasteiger partial charge on any atom is -0.490 e. The van der Waals surface area contributed by atoms with Crippen LogP contribution >= 0.6 is 0 Å². The standard InChI is InChI=1S/C22H25N5O2/c1-28-16-15-25-13-8-18-19(25)3-2-4-21(18)29-17-6-11-26(12-7-17)22-20-5-9-24-27(20)14-10-23-22/h2-5,8-10,13-14,17H,6-7,11-12,15-16H2,1H3. The molecule has 7 heteroatoms. The molecule has 0 bridgehead atoms. The molecule has 5 rings (SSSR count). The Bertz CT molecular complexity index is 1110. The molecule has 4 aromatic rings. The van der Waals surface area contributed by atoms with Crippen molar-refractivity contribution >= 4 is 22.2 Å². The summed E-state index contributed by atoms with van der Waals surface area (Å²) in [4.78, 5) is 6.92. The molecule has 0 radical (unpaired) electrons. The predicted octanol–water partition coefficient (Wildman–Crippen LogP) is 3.38. The molecule has 1 aromatic carbocycles. The van der Waals surface area contributed by atoms with E-state index < -0.39 is 0 Å². The zero-order chi connectivity index (χ0) is 19.6. The Hall–Kier alpha value is -3.06. The maximum Gasteiger partial charge on any atom is 0.154 e. The van der Waals surface area contributed by atoms with Crippen molar-refractivity contribution in [3.63, 3.8) is 0 Å². The van der Waals surface area contributed by atoms with E-state index in [0.717, 1.165) is 54.9 Å². The van der Waals surface area contributed by atoms with Gasteiger partial charge in [-0.1, -0.05) is 6.07 Å². The summed E-state index contributed by atoms with van der Waals surface area (Å²) in [5.74, 6) is 1.97. The lowest BCUT2D eigenvalue weighted by molar-refractivity contribution is 0.173. The Kier molecular flexibility index (Phi) is 4.81. The molecule has 0 saturated carbocycles.